The van der Waals surface area contributed by atoms with Crippen molar-refractivity contribution < 1.29 is 9.59 Å². The Morgan fingerprint density at radius 1 is 1.25 bits per heavy atom. The molecule has 2 rings (SSSR count). The van der Waals surface area contributed by atoms with Crippen molar-refractivity contribution in [3.8, 4) is 0 Å². The van der Waals surface area contributed by atoms with E-state index in [0.717, 1.165) is 0 Å². The first-order valence-electron chi connectivity index (χ1n) is 6.32. The van der Waals surface area contributed by atoms with Gasteiger partial charge in [0, 0.05) is 0 Å². The highest BCUT2D eigenvalue weighted by molar-refractivity contribution is 5.99. The van der Waals surface area contributed by atoms with E-state index in [1.165, 1.54) is 45.4 Å². The van der Waals surface area contributed by atoms with Crippen molar-refractivity contribution in [2.75, 3.05) is 0 Å². The van der Waals surface area contributed by atoms with Crippen molar-refractivity contribution in [1.82, 2.24) is 0 Å². The van der Waals surface area contributed by atoms with E-state index in [2.05, 4.69) is 0 Å². The summed E-state index contributed by atoms with van der Waals surface area (Å²) in [6.45, 7) is 1.47. The molecule has 0 unspecified atom stereocenters. The molecule has 0 bridgehead atoms. The van der Waals surface area contributed by atoms with Crippen molar-refractivity contribution in [1.29, 1.82) is 0 Å². The molecule has 0 saturated heterocycles. The molecule has 2 saturated carbocycles. The van der Waals surface area contributed by atoms with Gasteiger partial charge >= 0.3 is 0 Å². The number of ketones is 1. The van der Waals surface area contributed by atoms with Gasteiger partial charge in [-0.2, -0.15) is 0 Å². The van der Waals surface area contributed by atoms with Crippen LogP contribution in [-0.2, 0) is 9.59 Å². The molecule has 1 amide bonds. The van der Waals surface area contributed by atoms with Crippen LogP contribution in [-0.4, -0.2) is 11.7 Å². The zero-order valence-electron chi connectivity index (χ0n) is 10.00. The Bertz CT molecular complexity index is 283. The minimum absolute atomic E-state index is 0.0702. The Morgan fingerprint density at radius 3 is 2.19 bits per heavy atom. The summed E-state index contributed by atoms with van der Waals surface area (Å²) < 4.78 is 0. The molecule has 0 aliphatic heterocycles. The van der Waals surface area contributed by atoms with Crippen LogP contribution in [0.3, 0.4) is 0 Å². The molecular formula is C13H21NO2. The third-order valence-electron chi connectivity index (χ3n) is 4.53. The van der Waals surface area contributed by atoms with Gasteiger partial charge in [0.2, 0.25) is 5.91 Å². The molecule has 2 aliphatic carbocycles. The van der Waals surface area contributed by atoms with Crippen LogP contribution in [0.25, 0.3) is 0 Å². The van der Waals surface area contributed by atoms with E-state index in [9.17, 15) is 9.59 Å². The number of rotatable bonds is 4. The molecule has 2 N–H and O–H groups in total. The van der Waals surface area contributed by atoms with E-state index in [-0.39, 0.29) is 5.78 Å². The summed E-state index contributed by atoms with van der Waals surface area (Å²) in [6.07, 6.45) is 8.41. The van der Waals surface area contributed by atoms with Gasteiger partial charge in [-0.1, -0.05) is 0 Å². The van der Waals surface area contributed by atoms with Crippen LogP contribution >= 0.6 is 0 Å². The van der Waals surface area contributed by atoms with Gasteiger partial charge in [0.25, 0.3) is 0 Å². The zero-order valence-corrected chi connectivity index (χ0v) is 10.00. The molecule has 0 aromatic rings. The molecular weight excluding hydrogens is 202 g/mol. The van der Waals surface area contributed by atoms with Gasteiger partial charge in [-0.15, -0.1) is 0 Å². The van der Waals surface area contributed by atoms with Crippen LogP contribution in [0.2, 0.25) is 0 Å². The molecule has 0 aromatic heterocycles. The summed E-state index contributed by atoms with van der Waals surface area (Å²) in [7, 11) is 0. The van der Waals surface area contributed by atoms with E-state index >= 15 is 0 Å². The van der Waals surface area contributed by atoms with Gasteiger partial charge in [0.05, 0.1) is 5.92 Å². The minimum atomic E-state index is -0.543. The second kappa shape index (κ2) is 4.19. The number of amides is 1. The van der Waals surface area contributed by atoms with Gasteiger partial charge in [0.15, 0.2) is 0 Å². The number of Topliss-reactive ketones (excluding diaryl/α,β-unsaturated/α-hetero) is 1. The van der Waals surface area contributed by atoms with Crippen molar-refractivity contribution >= 4 is 11.7 Å². The standard InChI is InChI=1S/C13H21NO2/c1-9(15)11(12(14)16)8-10-2-4-13(5-3-10)6-7-13/h10-11H,2-8H2,1H3,(H2,14,16)/t11-/m1/s1. The molecule has 1 spiro atoms. The van der Waals surface area contributed by atoms with Crippen LogP contribution in [0, 0.1) is 17.3 Å². The Morgan fingerprint density at radius 2 is 1.81 bits per heavy atom. The van der Waals surface area contributed by atoms with Crippen LogP contribution in [0.4, 0.5) is 0 Å². The Balaban J connectivity index is 1.84. The molecule has 3 heteroatoms. The van der Waals surface area contributed by atoms with E-state index in [1.54, 1.807) is 0 Å². The molecule has 0 aromatic carbocycles. The van der Waals surface area contributed by atoms with Crippen molar-refractivity contribution in [2.24, 2.45) is 23.0 Å². The maximum atomic E-state index is 11.3. The molecule has 1 atom stereocenters. The quantitative estimate of drug-likeness (QED) is 0.741. The predicted octanol–water partition coefficient (Wildman–Crippen LogP) is 2.04. The van der Waals surface area contributed by atoms with E-state index < -0.39 is 11.8 Å². The van der Waals surface area contributed by atoms with Gasteiger partial charge in [-0.25, -0.2) is 0 Å². The topological polar surface area (TPSA) is 60.2 Å². The number of carbonyl (C=O) groups is 2. The van der Waals surface area contributed by atoms with E-state index in [1.807, 2.05) is 0 Å². The number of primary amides is 1. The normalized spacial score (nSPS) is 25.3. The molecule has 3 nitrogen and oxygen atoms in total. The molecule has 2 aliphatic rings. The third-order valence-corrected chi connectivity index (χ3v) is 4.53. The fraction of sp³-hybridized carbons (Fsp3) is 0.846. The Labute approximate surface area is 96.8 Å². The minimum Gasteiger partial charge on any atom is -0.369 e. The van der Waals surface area contributed by atoms with Crippen LogP contribution < -0.4 is 5.73 Å². The van der Waals surface area contributed by atoms with Gasteiger partial charge < -0.3 is 5.73 Å². The number of hydrogen-bond acceptors (Lipinski definition) is 2. The highest BCUT2D eigenvalue weighted by Gasteiger charge is 2.45. The van der Waals surface area contributed by atoms with Crippen molar-refractivity contribution in [2.45, 2.75) is 51.9 Å². The fourth-order valence-corrected chi connectivity index (χ4v) is 3.02. The van der Waals surface area contributed by atoms with Gasteiger partial charge in [0.1, 0.15) is 5.78 Å². The molecule has 2 fully saturated rings. The first-order chi connectivity index (χ1) is 7.52. The Hall–Kier alpha value is -0.860. The maximum Gasteiger partial charge on any atom is 0.227 e. The lowest BCUT2D eigenvalue weighted by Gasteiger charge is -2.29. The van der Waals surface area contributed by atoms with Crippen LogP contribution in [0.1, 0.15) is 51.9 Å². The predicted molar refractivity (Wildman–Crippen MR) is 61.6 cm³/mol. The largest absolute Gasteiger partial charge is 0.369 e. The van der Waals surface area contributed by atoms with E-state index in [4.69, 9.17) is 5.73 Å². The fourth-order valence-electron chi connectivity index (χ4n) is 3.02. The summed E-state index contributed by atoms with van der Waals surface area (Å²) in [5.41, 5.74) is 5.94. The molecule has 0 heterocycles. The highest BCUT2D eigenvalue weighted by Crippen LogP contribution is 2.57. The maximum absolute atomic E-state index is 11.3. The van der Waals surface area contributed by atoms with Crippen molar-refractivity contribution in [3.63, 3.8) is 0 Å². The first kappa shape index (κ1) is 11.6. The Kier molecular flexibility index (Phi) is 3.04. The zero-order chi connectivity index (χ0) is 11.8. The van der Waals surface area contributed by atoms with Gasteiger partial charge in [-0.3, -0.25) is 9.59 Å². The third kappa shape index (κ3) is 2.45. The summed E-state index contributed by atoms with van der Waals surface area (Å²) in [5.74, 6) is -0.524. The second-order valence-electron chi connectivity index (χ2n) is 5.74. The summed E-state index contributed by atoms with van der Waals surface area (Å²) in [5, 5.41) is 0. The monoisotopic (exact) mass is 223 g/mol. The summed E-state index contributed by atoms with van der Waals surface area (Å²) >= 11 is 0. The first-order valence-corrected chi connectivity index (χ1v) is 6.32. The van der Waals surface area contributed by atoms with Crippen LogP contribution in [0.5, 0.6) is 0 Å². The van der Waals surface area contributed by atoms with Crippen molar-refractivity contribution in [3.05, 3.63) is 0 Å². The van der Waals surface area contributed by atoms with E-state index in [0.29, 0.717) is 17.8 Å². The average Bonchev–Trinajstić information content (AvgIpc) is 2.96. The molecule has 90 valence electrons. The SMILES string of the molecule is CC(=O)[C@@H](CC1CCC2(CC1)CC2)C(N)=O. The van der Waals surface area contributed by atoms with Crippen LogP contribution in [0.15, 0.2) is 0 Å². The number of hydrogen-bond donors (Lipinski definition) is 1. The lowest BCUT2D eigenvalue weighted by molar-refractivity contribution is -0.131. The average molecular weight is 223 g/mol. The van der Waals surface area contributed by atoms with Gasteiger partial charge in [-0.05, 0) is 63.2 Å². The molecule has 16 heavy (non-hydrogen) atoms. The summed E-state index contributed by atoms with van der Waals surface area (Å²) in [4.78, 5) is 22.5. The lowest BCUT2D eigenvalue weighted by atomic mass is 9.75. The second-order valence-corrected chi connectivity index (χ2v) is 5.74. The number of carbonyl (C=O) groups excluding carboxylic acids is 2. The lowest BCUT2D eigenvalue weighted by Crippen LogP contribution is -2.31. The highest BCUT2D eigenvalue weighted by atomic mass is 16.2. The smallest absolute Gasteiger partial charge is 0.227 e. The molecule has 0 radical (unpaired) electrons. The number of nitrogens with two attached hydrogens (primary N) is 1. The summed E-state index contributed by atoms with van der Waals surface area (Å²) in [6, 6.07) is 0.